The van der Waals surface area contributed by atoms with Crippen molar-refractivity contribution in [1.29, 1.82) is 0 Å². The monoisotopic (exact) mass is 221 g/mol. The zero-order valence-corrected chi connectivity index (χ0v) is 9.56. The highest BCUT2D eigenvalue weighted by atomic mass is 16.5. The molecule has 2 aliphatic heterocycles. The largest absolute Gasteiger partial charge is 0.360 e. The lowest BCUT2D eigenvalue weighted by Crippen LogP contribution is -2.44. The van der Waals surface area contributed by atoms with Crippen molar-refractivity contribution < 1.29 is 4.52 Å². The molecule has 4 heteroatoms. The van der Waals surface area contributed by atoms with Gasteiger partial charge in [-0.25, -0.2) is 0 Å². The first-order valence-corrected chi connectivity index (χ1v) is 6.30. The highest BCUT2D eigenvalue weighted by Crippen LogP contribution is 2.27. The number of fused-ring (bicyclic) bond motifs is 1. The summed E-state index contributed by atoms with van der Waals surface area (Å²) in [5.74, 6) is 0.939. The molecular formula is C12H19N3O. The van der Waals surface area contributed by atoms with Crippen LogP contribution in [0.2, 0.25) is 0 Å². The number of hydrogen-bond donors (Lipinski definition) is 1. The maximum atomic E-state index is 5.10. The quantitative estimate of drug-likeness (QED) is 0.837. The van der Waals surface area contributed by atoms with Crippen LogP contribution in [-0.4, -0.2) is 35.2 Å². The van der Waals surface area contributed by atoms with Gasteiger partial charge in [-0.05, 0) is 25.8 Å². The van der Waals surface area contributed by atoms with Gasteiger partial charge in [-0.1, -0.05) is 11.6 Å². The molecule has 1 aromatic rings. The van der Waals surface area contributed by atoms with Crippen LogP contribution in [-0.2, 0) is 6.54 Å². The summed E-state index contributed by atoms with van der Waals surface area (Å²) >= 11 is 0. The van der Waals surface area contributed by atoms with E-state index in [0.29, 0.717) is 6.04 Å². The SMILES string of the molecule is c1cc(CNC2CCN3CCCCC23)on1. The van der Waals surface area contributed by atoms with E-state index >= 15 is 0 Å². The van der Waals surface area contributed by atoms with Gasteiger partial charge in [0.1, 0.15) is 5.76 Å². The zero-order valence-electron chi connectivity index (χ0n) is 9.56. The molecule has 1 N–H and O–H groups in total. The van der Waals surface area contributed by atoms with Gasteiger partial charge in [0.25, 0.3) is 0 Å². The third kappa shape index (κ3) is 1.99. The lowest BCUT2D eigenvalue weighted by atomic mass is 9.99. The van der Waals surface area contributed by atoms with Gasteiger partial charge < -0.3 is 9.84 Å². The topological polar surface area (TPSA) is 41.3 Å². The molecule has 88 valence electrons. The maximum absolute atomic E-state index is 5.10. The fourth-order valence-corrected chi connectivity index (χ4v) is 3.05. The number of nitrogens with zero attached hydrogens (tertiary/aromatic N) is 2. The van der Waals surface area contributed by atoms with Crippen molar-refractivity contribution in [1.82, 2.24) is 15.4 Å². The molecule has 2 saturated heterocycles. The molecule has 16 heavy (non-hydrogen) atoms. The Balaban J connectivity index is 1.55. The van der Waals surface area contributed by atoms with Crippen LogP contribution in [0.1, 0.15) is 31.4 Å². The molecule has 0 aromatic carbocycles. The molecule has 3 rings (SSSR count). The molecule has 0 spiro atoms. The molecule has 2 fully saturated rings. The van der Waals surface area contributed by atoms with Crippen molar-refractivity contribution in [2.75, 3.05) is 13.1 Å². The van der Waals surface area contributed by atoms with Crippen LogP contribution in [0.15, 0.2) is 16.8 Å². The van der Waals surface area contributed by atoms with Gasteiger partial charge in [0.15, 0.2) is 0 Å². The van der Waals surface area contributed by atoms with Gasteiger partial charge in [-0.2, -0.15) is 0 Å². The lowest BCUT2D eigenvalue weighted by Gasteiger charge is -2.32. The second-order valence-electron chi connectivity index (χ2n) is 4.85. The molecule has 0 radical (unpaired) electrons. The minimum atomic E-state index is 0.644. The number of piperidine rings is 1. The molecular weight excluding hydrogens is 202 g/mol. The van der Waals surface area contributed by atoms with Crippen molar-refractivity contribution >= 4 is 0 Å². The van der Waals surface area contributed by atoms with Crippen molar-refractivity contribution in [3.63, 3.8) is 0 Å². The normalized spacial score (nSPS) is 30.5. The molecule has 0 amide bonds. The molecule has 0 bridgehead atoms. The van der Waals surface area contributed by atoms with E-state index < -0.39 is 0 Å². The molecule has 2 aliphatic rings. The Bertz CT molecular complexity index is 325. The first kappa shape index (κ1) is 10.3. The summed E-state index contributed by atoms with van der Waals surface area (Å²) in [6.07, 6.45) is 7.11. The van der Waals surface area contributed by atoms with E-state index in [1.807, 2.05) is 6.07 Å². The van der Waals surface area contributed by atoms with Crippen LogP contribution in [0.3, 0.4) is 0 Å². The van der Waals surface area contributed by atoms with Crippen LogP contribution in [0.4, 0.5) is 0 Å². The first-order chi connectivity index (χ1) is 7.93. The summed E-state index contributed by atoms with van der Waals surface area (Å²) in [6, 6.07) is 3.34. The number of nitrogens with one attached hydrogen (secondary N) is 1. The summed E-state index contributed by atoms with van der Waals surface area (Å²) in [5, 5.41) is 7.33. The van der Waals surface area contributed by atoms with Gasteiger partial charge in [0, 0.05) is 24.7 Å². The van der Waals surface area contributed by atoms with Gasteiger partial charge in [0.2, 0.25) is 0 Å². The van der Waals surface area contributed by atoms with Crippen LogP contribution in [0.5, 0.6) is 0 Å². The predicted molar refractivity (Wildman–Crippen MR) is 61.0 cm³/mol. The smallest absolute Gasteiger partial charge is 0.150 e. The number of hydrogen-bond acceptors (Lipinski definition) is 4. The number of rotatable bonds is 3. The Kier molecular flexibility index (Phi) is 2.93. The van der Waals surface area contributed by atoms with E-state index in [-0.39, 0.29) is 0 Å². The fraction of sp³-hybridized carbons (Fsp3) is 0.750. The van der Waals surface area contributed by atoms with Gasteiger partial charge in [0.05, 0.1) is 12.7 Å². The summed E-state index contributed by atoms with van der Waals surface area (Å²) in [7, 11) is 0. The number of aromatic nitrogens is 1. The predicted octanol–water partition coefficient (Wildman–Crippen LogP) is 1.39. The summed E-state index contributed by atoms with van der Waals surface area (Å²) in [4.78, 5) is 2.64. The van der Waals surface area contributed by atoms with Crippen molar-refractivity contribution in [3.05, 3.63) is 18.0 Å². The summed E-state index contributed by atoms with van der Waals surface area (Å²) in [6.45, 7) is 3.37. The third-order valence-electron chi connectivity index (χ3n) is 3.89. The zero-order chi connectivity index (χ0) is 10.8. The van der Waals surface area contributed by atoms with Crippen LogP contribution >= 0.6 is 0 Å². The first-order valence-electron chi connectivity index (χ1n) is 6.30. The fourth-order valence-electron chi connectivity index (χ4n) is 3.05. The average Bonchev–Trinajstić information content (AvgIpc) is 2.96. The van der Waals surface area contributed by atoms with E-state index in [2.05, 4.69) is 15.4 Å². The Labute approximate surface area is 96.0 Å². The van der Waals surface area contributed by atoms with Crippen LogP contribution < -0.4 is 5.32 Å². The van der Waals surface area contributed by atoms with Crippen LogP contribution in [0, 0.1) is 0 Å². The van der Waals surface area contributed by atoms with E-state index in [0.717, 1.165) is 18.3 Å². The molecule has 4 nitrogen and oxygen atoms in total. The molecule has 2 unspecified atom stereocenters. The second kappa shape index (κ2) is 4.55. The third-order valence-corrected chi connectivity index (χ3v) is 3.89. The van der Waals surface area contributed by atoms with E-state index in [4.69, 9.17) is 4.52 Å². The van der Waals surface area contributed by atoms with Crippen molar-refractivity contribution in [3.8, 4) is 0 Å². The minimum Gasteiger partial charge on any atom is -0.360 e. The standard InChI is InChI=1S/C12H19N3O/c1-2-7-15-8-5-11(12(15)3-1)13-9-10-4-6-14-16-10/h4,6,11-13H,1-3,5,7-9H2. The molecule has 0 saturated carbocycles. The van der Waals surface area contributed by atoms with E-state index in [1.165, 1.54) is 38.8 Å². The summed E-state index contributed by atoms with van der Waals surface area (Å²) in [5.41, 5.74) is 0. The van der Waals surface area contributed by atoms with Crippen molar-refractivity contribution in [2.45, 2.75) is 44.3 Å². The minimum absolute atomic E-state index is 0.644. The molecule has 0 aliphatic carbocycles. The van der Waals surface area contributed by atoms with Gasteiger partial charge in [-0.3, -0.25) is 4.90 Å². The highest BCUT2D eigenvalue weighted by Gasteiger charge is 2.34. The lowest BCUT2D eigenvalue weighted by molar-refractivity contribution is 0.179. The van der Waals surface area contributed by atoms with Crippen LogP contribution in [0.25, 0.3) is 0 Å². The van der Waals surface area contributed by atoms with Crippen molar-refractivity contribution in [2.24, 2.45) is 0 Å². The Hall–Kier alpha value is -0.870. The van der Waals surface area contributed by atoms with Gasteiger partial charge >= 0.3 is 0 Å². The summed E-state index contributed by atoms with van der Waals surface area (Å²) < 4.78 is 5.10. The average molecular weight is 221 g/mol. The Morgan fingerprint density at radius 2 is 2.38 bits per heavy atom. The van der Waals surface area contributed by atoms with Gasteiger partial charge in [-0.15, -0.1) is 0 Å². The Morgan fingerprint density at radius 3 is 3.25 bits per heavy atom. The van der Waals surface area contributed by atoms with E-state index in [1.54, 1.807) is 6.20 Å². The highest BCUT2D eigenvalue weighted by molar-refractivity contribution is 4.97. The maximum Gasteiger partial charge on any atom is 0.150 e. The van der Waals surface area contributed by atoms with E-state index in [9.17, 15) is 0 Å². The second-order valence-corrected chi connectivity index (χ2v) is 4.85. The Morgan fingerprint density at radius 1 is 1.38 bits per heavy atom. The molecule has 2 atom stereocenters. The molecule has 1 aromatic heterocycles. The molecule has 3 heterocycles.